The summed E-state index contributed by atoms with van der Waals surface area (Å²) in [6, 6.07) is -0.938. The first kappa shape index (κ1) is 22.8. The lowest BCUT2D eigenvalue weighted by atomic mass is 9.94. The van der Waals surface area contributed by atoms with Crippen molar-refractivity contribution < 1.29 is 17.7 Å². The second-order valence-corrected chi connectivity index (χ2v) is 7.43. The number of rotatable bonds is 8. The number of amides is 1. The van der Waals surface area contributed by atoms with Crippen LogP contribution in [0, 0.1) is 13.8 Å². The van der Waals surface area contributed by atoms with Crippen molar-refractivity contribution in [2.75, 3.05) is 6.54 Å². The minimum Gasteiger partial charge on any atom is -0.360 e. The zero-order chi connectivity index (χ0) is 17.8. The highest BCUT2D eigenvalue weighted by molar-refractivity contribution is 7.89. The van der Waals surface area contributed by atoms with Gasteiger partial charge in [0.1, 0.15) is 10.6 Å². The van der Waals surface area contributed by atoms with Gasteiger partial charge in [0.15, 0.2) is 5.76 Å². The number of hydrogen-bond donors (Lipinski definition) is 3. The predicted molar refractivity (Wildman–Crippen MR) is 93.5 cm³/mol. The van der Waals surface area contributed by atoms with E-state index in [1.807, 2.05) is 13.8 Å². The zero-order valence-electron chi connectivity index (χ0n) is 14.7. The van der Waals surface area contributed by atoms with Crippen molar-refractivity contribution in [1.82, 2.24) is 15.2 Å². The molecule has 0 saturated heterocycles. The Bertz CT molecular complexity index is 636. The Labute approximate surface area is 149 Å². The van der Waals surface area contributed by atoms with Crippen LogP contribution in [0.5, 0.6) is 0 Å². The van der Waals surface area contributed by atoms with Crippen LogP contribution >= 0.6 is 12.4 Å². The topological polar surface area (TPSA) is 127 Å². The van der Waals surface area contributed by atoms with Gasteiger partial charge >= 0.3 is 0 Å². The number of carbonyl (C=O) groups excluding carboxylic acids is 1. The van der Waals surface area contributed by atoms with E-state index in [9.17, 15) is 13.2 Å². The molecule has 8 nitrogen and oxygen atoms in total. The lowest BCUT2D eigenvalue weighted by Gasteiger charge is -2.27. The van der Waals surface area contributed by atoms with Crippen LogP contribution in [0.1, 0.15) is 45.1 Å². The summed E-state index contributed by atoms with van der Waals surface area (Å²) in [5, 5.41) is 6.31. The molecule has 1 heterocycles. The maximum absolute atomic E-state index is 12.3. The van der Waals surface area contributed by atoms with E-state index in [1.165, 1.54) is 20.8 Å². The molecule has 0 spiro atoms. The van der Waals surface area contributed by atoms with Gasteiger partial charge in [-0.3, -0.25) is 4.79 Å². The molecule has 140 valence electrons. The van der Waals surface area contributed by atoms with Crippen molar-refractivity contribution in [2.24, 2.45) is 5.73 Å². The normalized spacial score (nSPS) is 13.2. The van der Waals surface area contributed by atoms with E-state index in [0.717, 1.165) is 0 Å². The fraction of sp³-hybridized carbons (Fsp3) is 0.714. The molecule has 0 aliphatic carbocycles. The summed E-state index contributed by atoms with van der Waals surface area (Å²) in [4.78, 5) is 12.1. The highest BCUT2D eigenvalue weighted by Gasteiger charge is 2.29. The average Bonchev–Trinajstić information content (AvgIpc) is 2.83. The van der Waals surface area contributed by atoms with E-state index in [1.54, 1.807) is 0 Å². The van der Waals surface area contributed by atoms with Crippen LogP contribution in [0.25, 0.3) is 0 Å². The monoisotopic (exact) mass is 382 g/mol. The molecule has 0 fully saturated rings. The van der Waals surface area contributed by atoms with E-state index in [-0.39, 0.29) is 35.3 Å². The lowest BCUT2D eigenvalue weighted by molar-refractivity contribution is -0.122. The lowest BCUT2D eigenvalue weighted by Crippen LogP contribution is -2.53. The van der Waals surface area contributed by atoms with Crippen LogP contribution in [-0.4, -0.2) is 37.6 Å². The minimum absolute atomic E-state index is 0. The van der Waals surface area contributed by atoms with Gasteiger partial charge in [-0.1, -0.05) is 19.0 Å². The molecule has 1 unspecified atom stereocenters. The molecule has 0 radical (unpaired) electrons. The summed E-state index contributed by atoms with van der Waals surface area (Å²) >= 11 is 0. The molecule has 0 saturated carbocycles. The van der Waals surface area contributed by atoms with Gasteiger partial charge in [-0.15, -0.1) is 12.4 Å². The highest BCUT2D eigenvalue weighted by atomic mass is 35.5. The Morgan fingerprint density at radius 1 is 1.33 bits per heavy atom. The number of aromatic nitrogens is 1. The standard InChI is InChI=1S/C14H26N4O4S.ClH/c1-6-14(15,7-2)8-16-13(19)10(4)18-23(20,21)12-9(3)17-22-11(12)5;/h10,18H,6-8,15H2,1-5H3,(H,16,19);1H. The third-order valence-corrected chi connectivity index (χ3v) is 5.77. The smallest absolute Gasteiger partial charge is 0.246 e. The van der Waals surface area contributed by atoms with Crippen molar-refractivity contribution in [2.45, 2.75) is 63.9 Å². The SMILES string of the molecule is CCC(N)(CC)CNC(=O)C(C)NS(=O)(=O)c1c(C)noc1C.Cl. The number of nitrogens with one attached hydrogen (secondary N) is 2. The molecular formula is C14H27ClN4O4S. The summed E-state index contributed by atoms with van der Waals surface area (Å²) in [6.07, 6.45) is 1.42. The van der Waals surface area contributed by atoms with Crippen molar-refractivity contribution in [3.8, 4) is 0 Å². The highest BCUT2D eigenvalue weighted by Crippen LogP contribution is 2.18. The summed E-state index contributed by atoms with van der Waals surface area (Å²) in [5.41, 5.74) is 5.88. The molecule has 1 rings (SSSR count). The fourth-order valence-corrected chi connectivity index (χ4v) is 3.65. The molecule has 0 aliphatic rings. The number of hydrogen-bond acceptors (Lipinski definition) is 6. The Balaban J connectivity index is 0.00000529. The number of carbonyl (C=O) groups is 1. The molecule has 4 N–H and O–H groups in total. The first-order chi connectivity index (χ1) is 10.6. The number of nitrogens with zero attached hydrogens (tertiary/aromatic N) is 1. The fourth-order valence-electron chi connectivity index (χ4n) is 2.12. The van der Waals surface area contributed by atoms with Crippen molar-refractivity contribution in [1.29, 1.82) is 0 Å². The molecule has 1 aromatic rings. The first-order valence-electron chi connectivity index (χ1n) is 7.58. The number of aryl methyl sites for hydroxylation is 2. The molecule has 0 aromatic carbocycles. The number of sulfonamides is 1. The van der Waals surface area contributed by atoms with E-state index < -0.39 is 27.5 Å². The van der Waals surface area contributed by atoms with Gasteiger partial charge < -0.3 is 15.6 Å². The van der Waals surface area contributed by atoms with Crippen LogP contribution in [-0.2, 0) is 14.8 Å². The van der Waals surface area contributed by atoms with E-state index in [4.69, 9.17) is 10.3 Å². The van der Waals surface area contributed by atoms with E-state index in [2.05, 4.69) is 15.2 Å². The van der Waals surface area contributed by atoms with Gasteiger partial charge in [0.2, 0.25) is 15.9 Å². The molecule has 1 amide bonds. The molecule has 10 heteroatoms. The summed E-state index contributed by atoms with van der Waals surface area (Å²) in [6.45, 7) is 8.68. The van der Waals surface area contributed by atoms with Crippen LogP contribution in [0.3, 0.4) is 0 Å². The third kappa shape index (κ3) is 5.44. The van der Waals surface area contributed by atoms with Gasteiger partial charge in [-0.05, 0) is 33.6 Å². The van der Waals surface area contributed by atoms with Crippen LogP contribution in [0.4, 0.5) is 0 Å². The van der Waals surface area contributed by atoms with Gasteiger partial charge in [0.05, 0.1) is 6.04 Å². The number of nitrogens with two attached hydrogens (primary N) is 1. The second-order valence-electron chi connectivity index (χ2n) is 5.78. The Hall–Kier alpha value is -1.16. The summed E-state index contributed by atoms with van der Waals surface area (Å²) in [7, 11) is -3.89. The van der Waals surface area contributed by atoms with E-state index >= 15 is 0 Å². The maximum Gasteiger partial charge on any atom is 0.246 e. The van der Waals surface area contributed by atoms with Crippen LogP contribution < -0.4 is 15.8 Å². The van der Waals surface area contributed by atoms with Crippen molar-refractivity contribution in [3.05, 3.63) is 11.5 Å². The Morgan fingerprint density at radius 3 is 2.29 bits per heavy atom. The largest absolute Gasteiger partial charge is 0.360 e. The molecule has 1 atom stereocenters. The van der Waals surface area contributed by atoms with Gasteiger partial charge in [-0.2, -0.15) is 4.72 Å². The quantitative estimate of drug-likeness (QED) is 0.615. The summed E-state index contributed by atoms with van der Waals surface area (Å²) < 4.78 is 31.9. The Kier molecular flexibility index (Phi) is 8.37. The van der Waals surface area contributed by atoms with Crippen molar-refractivity contribution >= 4 is 28.3 Å². The predicted octanol–water partition coefficient (Wildman–Crippen LogP) is 1.01. The van der Waals surface area contributed by atoms with Gasteiger partial charge in [0, 0.05) is 12.1 Å². The first-order valence-corrected chi connectivity index (χ1v) is 9.06. The summed E-state index contributed by atoms with van der Waals surface area (Å²) in [5.74, 6) is -0.252. The molecule has 0 bridgehead atoms. The zero-order valence-corrected chi connectivity index (χ0v) is 16.3. The average molecular weight is 383 g/mol. The van der Waals surface area contributed by atoms with Gasteiger partial charge in [-0.25, -0.2) is 8.42 Å². The molecular weight excluding hydrogens is 356 g/mol. The molecule has 1 aromatic heterocycles. The number of halogens is 1. The van der Waals surface area contributed by atoms with Crippen LogP contribution in [0.15, 0.2) is 9.42 Å². The Morgan fingerprint density at radius 2 is 1.88 bits per heavy atom. The third-order valence-electron chi connectivity index (χ3n) is 3.98. The van der Waals surface area contributed by atoms with Crippen molar-refractivity contribution in [3.63, 3.8) is 0 Å². The second kappa shape index (κ2) is 8.80. The van der Waals surface area contributed by atoms with E-state index in [0.29, 0.717) is 12.8 Å². The molecule has 24 heavy (non-hydrogen) atoms. The van der Waals surface area contributed by atoms with Crippen LogP contribution in [0.2, 0.25) is 0 Å². The molecule has 0 aliphatic heterocycles. The minimum atomic E-state index is -3.89. The maximum atomic E-state index is 12.3. The van der Waals surface area contributed by atoms with Gasteiger partial charge in [0.25, 0.3) is 0 Å².